The van der Waals surface area contributed by atoms with Gasteiger partial charge in [0.15, 0.2) is 0 Å². The topological polar surface area (TPSA) is 72.6 Å². The minimum Gasteiger partial charge on any atom is -0.462 e. The van der Waals surface area contributed by atoms with Gasteiger partial charge >= 0.3 is 5.97 Å². The van der Waals surface area contributed by atoms with E-state index in [0.29, 0.717) is 21.3 Å². The number of rotatable bonds is 4. The summed E-state index contributed by atoms with van der Waals surface area (Å²) >= 11 is 3.28. The number of nitrogens with zero attached hydrogens (tertiary/aromatic N) is 1. The zero-order valence-corrected chi connectivity index (χ0v) is 12.8. The molecule has 1 aromatic carbocycles. The van der Waals surface area contributed by atoms with Gasteiger partial charge < -0.3 is 15.4 Å². The number of esters is 1. The average Bonchev–Trinajstić information content (AvgIpc) is 2.33. The van der Waals surface area contributed by atoms with Gasteiger partial charge in [-0.2, -0.15) is 0 Å². The fourth-order valence-electron chi connectivity index (χ4n) is 1.44. The minimum atomic E-state index is -0.475. The Labute approximate surface area is 120 Å². The number of nitrogen functional groups attached to an aromatic ring is 1. The van der Waals surface area contributed by atoms with E-state index in [1.54, 1.807) is 33.2 Å². The summed E-state index contributed by atoms with van der Waals surface area (Å²) in [5, 5.41) is 0. The summed E-state index contributed by atoms with van der Waals surface area (Å²) in [6.07, 6.45) is 0.168. The maximum Gasteiger partial charge on any atom is 0.338 e. The number of nitrogens with two attached hydrogens (primary N) is 1. The lowest BCUT2D eigenvalue weighted by Gasteiger charge is -2.12. The van der Waals surface area contributed by atoms with E-state index in [4.69, 9.17) is 10.5 Å². The number of hydrogen-bond donors (Lipinski definition) is 1. The first-order chi connectivity index (χ1) is 8.82. The van der Waals surface area contributed by atoms with Crippen LogP contribution in [0, 0.1) is 6.92 Å². The highest BCUT2D eigenvalue weighted by molar-refractivity contribution is 9.10. The predicted octanol–water partition coefficient (Wildman–Crippen LogP) is 1.97. The second-order valence-electron chi connectivity index (χ2n) is 4.34. The molecule has 1 aromatic rings. The highest BCUT2D eigenvalue weighted by Crippen LogP contribution is 2.23. The van der Waals surface area contributed by atoms with Crippen LogP contribution in [0.2, 0.25) is 0 Å². The molecule has 0 aliphatic rings. The second kappa shape index (κ2) is 6.56. The molecule has 5 nitrogen and oxygen atoms in total. The van der Waals surface area contributed by atoms with Crippen LogP contribution in [0.15, 0.2) is 16.6 Å². The highest BCUT2D eigenvalue weighted by Gasteiger charge is 2.14. The Balaban J connectivity index is 2.67. The van der Waals surface area contributed by atoms with Crippen molar-refractivity contribution >= 4 is 33.5 Å². The molecule has 0 atom stereocenters. The van der Waals surface area contributed by atoms with Crippen molar-refractivity contribution in [3.63, 3.8) is 0 Å². The van der Waals surface area contributed by atoms with Crippen molar-refractivity contribution < 1.29 is 14.3 Å². The Morgan fingerprint density at radius 1 is 1.37 bits per heavy atom. The van der Waals surface area contributed by atoms with Gasteiger partial charge in [-0.3, -0.25) is 4.79 Å². The van der Waals surface area contributed by atoms with Gasteiger partial charge in [0.25, 0.3) is 0 Å². The molecule has 0 aliphatic carbocycles. The zero-order valence-electron chi connectivity index (χ0n) is 11.2. The molecule has 0 bridgehead atoms. The van der Waals surface area contributed by atoms with E-state index in [1.807, 2.05) is 0 Å². The Bertz CT molecular complexity index is 501. The Kier molecular flexibility index (Phi) is 5.35. The van der Waals surface area contributed by atoms with Crippen LogP contribution < -0.4 is 5.73 Å². The molecule has 2 N–H and O–H groups in total. The Morgan fingerprint density at radius 3 is 2.58 bits per heavy atom. The molecule has 0 saturated carbocycles. The van der Waals surface area contributed by atoms with Crippen molar-refractivity contribution in [3.05, 3.63) is 27.7 Å². The largest absolute Gasteiger partial charge is 0.462 e. The lowest BCUT2D eigenvalue weighted by molar-refractivity contribution is -0.129. The third-order valence-corrected chi connectivity index (χ3v) is 3.14. The monoisotopic (exact) mass is 328 g/mol. The predicted molar refractivity (Wildman–Crippen MR) is 76.9 cm³/mol. The smallest absolute Gasteiger partial charge is 0.338 e. The number of anilines is 1. The molecule has 0 unspecified atom stereocenters. The normalized spacial score (nSPS) is 10.1. The molecule has 0 aliphatic heterocycles. The highest BCUT2D eigenvalue weighted by atomic mass is 79.9. The van der Waals surface area contributed by atoms with Gasteiger partial charge in [0.05, 0.1) is 12.0 Å². The molecule has 0 heterocycles. The van der Waals surface area contributed by atoms with Crippen molar-refractivity contribution in [2.24, 2.45) is 0 Å². The van der Waals surface area contributed by atoms with Crippen LogP contribution in [0.4, 0.5) is 5.69 Å². The van der Waals surface area contributed by atoms with E-state index in [-0.39, 0.29) is 18.9 Å². The van der Waals surface area contributed by atoms with Gasteiger partial charge in [0, 0.05) is 24.3 Å². The molecule has 104 valence electrons. The quantitative estimate of drug-likeness (QED) is 0.677. The molecule has 1 rings (SSSR count). The van der Waals surface area contributed by atoms with E-state index >= 15 is 0 Å². The van der Waals surface area contributed by atoms with E-state index in [9.17, 15) is 9.59 Å². The first-order valence-electron chi connectivity index (χ1n) is 5.75. The number of amides is 1. The number of hydrogen-bond acceptors (Lipinski definition) is 4. The van der Waals surface area contributed by atoms with E-state index in [0.717, 1.165) is 0 Å². The van der Waals surface area contributed by atoms with Crippen molar-refractivity contribution in [1.29, 1.82) is 0 Å². The van der Waals surface area contributed by atoms with Gasteiger partial charge in [-0.05, 0) is 24.6 Å². The maximum absolute atomic E-state index is 11.9. The second-order valence-corrected chi connectivity index (χ2v) is 5.26. The van der Waals surface area contributed by atoms with Crippen molar-refractivity contribution in [2.75, 3.05) is 26.4 Å². The lowest BCUT2D eigenvalue weighted by Crippen LogP contribution is -2.23. The molecule has 0 radical (unpaired) electrons. The molecule has 19 heavy (non-hydrogen) atoms. The first-order valence-corrected chi connectivity index (χ1v) is 6.55. The van der Waals surface area contributed by atoms with E-state index < -0.39 is 5.97 Å². The number of carbonyl (C=O) groups is 2. The fourth-order valence-corrected chi connectivity index (χ4v) is 1.92. The fraction of sp³-hybridized carbons (Fsp3) is 0.385. The van der Waals surface area contributed by atoms with Crippen LogP contribution in [0.25, 0.3) is 0 Å². The summed E-state index contributed by atoms with van der Waals surface area (Å²) in [4.78, 5) is 24.7. The van der Waals surface area contributed by atoms with Crippen LogP contribution >= 0.6 is 15.9 Å². The molecule has 0 spiro atoms. The van der Waals surface area contributed by atoms with Crippen molar-refractivity contribution in [2.45, 2.75) is 13.3 Å². The van der Waals surface area contributed by atoms with E-state index in [1.165, 1.54) is 4.90 Å². The van der Waals surface area contributed by atoms with Gasteiger partial charge in [-0.1, -0.05) is 15.9 Å². The van der Waals surface area contributed by atoms with Crippen molar-refractivity contribution in [3.8, 4) is 0 Å². The molecule has 0 aromatic heterocycles. The summed E-state index contributed by atoms with van der Waals surface area (Å²) in [7, 11) is 3.31. The Hall–Kier alpha value is -1.56. The summed E-state index contributed by atoms with van der Waals surface area (Å²) in [5.41, 5.74) is 7.38. The number of ether oxygens (including phenoxy) is 1. The number of carbonyl (C=O) groups excluding carboxylic acids is 2. The third kappa shape index (κ3) is 4.24. The van der Waals surface area contributed by atoms with Crippen LogP contribution in [-0.2, 0) is 9.53 Å². The zero-order chi connectivity index (χ0) is 14.6. The van der Waals surface area contributed by atoms with Crippen LogP contribution in [0.1, 0.15) is 22.3 Å². The summed E-state index contributed by atoms with van der Waals surface area (Å²) in [6, 6.07) is 3.38. The Morgan fingerprint density at radius 2 is 2.00 bits per heavy atom. The molecular weight excluding hydrogens is 312 g/mol. The van der Waals surface area contributed by atoms with Crippen molar-refractivity contribution in [1.82, 2.24) is 4.90 Å². The minimum absolute atomic E-state index is 0.0572. The van der Waals surface area contributed by atoms with Gasteiger partial charge in [0.2, 0.25) is 5.91 Å². The SMILES string of the molecule is Cc1c(N)cc(Br)cc1C(=O)OCCC(=O)N(C)C. The number of halogens is 1. The standard InChI is InChI=1S/C13H17BrN2O3/c1-8-10(6-9(14)7-11(8)15)13(18)19-5-4-12(17)16(2)3/h6-7H,4-5,15H2,1-3H3. The average molecular weight is 329 g/mol. The molecule has 1 amide bonds. The molecular formula is C13H17BrN2O3. The summed E-state index contributed by atoms with van der Waals surface area (Å²) < 4.78 is 5.79. The lowest BCUT2D eigenvalue weighted by atomic mass is 10.1. The van der Waals surface area contributed by atoms with Crippen LogP contribution in [0.5, 0.6) is 0 Å². The van der Waals surface area contributed by atoms with Crippen LogP contribution in [-0.4, -0.2) is 37.5 Å². The van der Waals surface area contributed by atoms with Gasteiger partial charge in [0.1, 0.15) is 6.61 Å². The first kappa shape index (κ1) is 15.5. The maximum atomic E-state index is 11.9. The van der Waals surface area contributed by atoms with Gasteiger partial charge in [-0.15, -0.1) is 0 Å². The van der Waals surface area contributed by atoms with Crippen LogP contribution in [0.3, 0.4) is 0 Å². The molecule has 6 heteroatoms. The number of benzene rings is 1. The summed E-state index contributed by atoms with van der Waals surface area (Å²) in [5.74, 6) is -0.560. The van der Waals surface area contributed by atoms with Gasteiger partial charge in [-0.25, -0.2) is 4.79 Å². The molecule has 0 fully saturated rings. The van der Waals surface area contributed by atoms with E-state index in [2.05, 4.69) is 15.9 Å². The third-order valence-electron chi connectivity index (χ3n) is 2.68. The summed E-state index contributed by atoms with van der Waals surface area (Å²) in [6.45, 7) is 1.81. The molecule has 0 saturated heterocycles.